The maximum absolute atomic E-state index is 12.5. The number of alkyl halides is 6. The zero-order valence-corrected chi connectivity index (χ0v) is 15.3. The molecule has 0 bridgehead atoms. The average molecular weight is 441 g/mol. The summed E-state index contributed by atoms with van der Waals surface area (Å²) in [7, 11) is 0.559. The van der Waals surface area contributed by atoms with Gasteiger partial charge in [-0.1, -0.05) is 0 Å². The second-order valence-corrected chi connectivity index (χ2v) is 7.80. The molecule has 0 aromatic heterocycles. The number of anilines is 2. The summed E-state index contributed by atoms with van der Waals surface area (Å²) in [5, 5.41) is 2.78. The molecule has 1 rings (SSSR count). The molecule has 1 aromatic rings. The largest absolute Gasteiger partial charge is 0.471 e. The molecular weight excluding hydrogens is 430 g/mol. The van der Waals surface area contributed by atoms with Gasteiger partial charge in [0.15, 0.2) is 0 Å². The van der Waals surface area contributed by atoms with Crippen LogP contribution in [0.25, 0.3) is 0 Å². The number of nitrogens with one attached hydrogen (secondary N) is 2. The fraction of sp³-hybridized carbons (Fsp3) is 0.385. The Morgan fingerprint density at radius 1 is 0.778 bits per heavy atom. The minimum absolute atomic E-state index is 0.427. The highest BCUT2D eigenvalue weighted by Gasteiger charge is 2.41. The lowest BCUT2D eigenvalue weighted by Crippen LogP contribution is -2.32. The van der Waals surface area contributed by atoms with Gasteiger partial charge in [0.25, 0.3) is 9.05 Å². The van der Waals surface area contributed by atoms with Crippen molar-refractivity contribution in [1.29, 1.82) is 0 Å². The second kappa shape index (κ2) is 7.19. The highest BCUT2D eigenvalue weighted by molar-refractivity contribution is 8.13. The van der Waals surface area contributed by atoms with Gasteiger partial charge in [-0.3, -0.25) is 9.59 Å². The zero-order chi connectivity index (χ0) is 21.5. The van der Waals surface area contributed by atoms with E-state index in [0.717, 1.165) is 20.8 Å². The Hall–Kier alpha value is -2.02. The Kier molecular flexibility index (Phi) is 6.13. The fourth-order valence-electron chi connectivity index (χ4n) is 2.31. The lowest BCUT2D eigenvalue weighted by molar-refractivity contribution is -0.167. The van der Waals surface area contributed by atoms with E-state index in [4.69, 9.17) is 10.7 Å². The van der Waals surface area contributed by atoms with E-state index in [-0.39, 0.29) is 0 Å². The van der Waals surface area contributed by atoms with Crippen molar-refractivity contribution in [2.24, 2.45) is 0 Å². The number of carbonyl (C=O) groups excluding carboxylic acids is 2. The minimum atomic E-state index is -5.36. The molecule has 152 valence electrons. The topological polar surface area (TPSA) is 92.3 Å². The van der Waals surface area contributed by atoms with Crippen molar-refractivity contribution in [3.05, 3.63) is 16.7 Å². The molecule has 0 spiro atoms. The van der Waals surface area contributed by atoms with Crippen LogP contribution in [0, 0.1) is 20.8 Å². The first-order valence-corrected chi connectivity index (χ1v) is 9.04. The Balaban J connectivity index is 3.77. The molecule has 0 unspecified atom stereocenters. The van der Waals surface area contributed by atoms with Gasteiger partial charge in [0.1, 0.15) is 0 Å². The Labute approximate surface area is 153 Å². The maximum Gasteiger partial charge on any atom is 0.471 e. The molecule has 0 saturated heterocycles. The number of benzene rings is 1. The van der Waals surface area contributed by atoms with Crippen molar-refractivity contribution in [2.45, 2.75) is 38.0 Å². The molecule has 6 nitrogen and oxygen atoms in total. The van der Waals surface area contributed by atoms with Crippen molar-refractivity contribution in [3.63, 3.8) is 0 Å². The van der Waals surface area contributed by atoms with Crippen LogP contribution in [0.5, 0.6) is 0 Å². The molecule has 0 saturated carbocycles. The van der Waals surface area contributed by atoms with Gasteiger partial charge in [0, 0.05) is 10.7 Å². The van der Waals surface area contributed by atoms with Crippen LogP contribution in [0.2, 0.25) is 0 Å². The summed E-state index contributed by atoms with van der Waals surface area (Å²) < 4.78 is 98.5. The van der Waals surface area contributed by atoms with E-state index >= 15 is 0 Å². The molecule has 2 amide bonds. The SMILES string of the molecule is Cc1c(NC(=O)C(F)(F)F)c(C)c(S(=O)(=O)Cl)c(C)c1NC(=O)C(F)(F)F. The number of halogens is 7. The van der Waals surface area contributed by atoms with Crippen molar-refractivity contribution >= 4 is 42.9 Å². The number of carbonyl (C=O) groups is 2. The van der Waals surface area contributed by atoms with Crippen LogP contribution in [0.4, 0.5) is 37.7 Å². The van der Waals surface area contributed by atoms with Crippen LogP contribution in [-0.4, -0.2) is 32.6 Å². The summed E-state index contributed by atoms with van der Waals surface area (Å²) in [6, 6.07) is 0. The van der Waals surface area contributed by atoms with Crippen LogP contribution >= 0.6 is 10.7 Å². The Morgan fingerprint density at radius 2 is 1.07 bits per heavy atom. The molecule has 0 atom stereocenters. The van der Waals surface area contributed by atoms with E-state index in [2.05, 4.69) is 0 Å². The van der Waals surface area contributed by atoms with Crippen LogP contribution < -0.4 is 10.6 Å². The number of rotatable bonds is 3. The van der Waals surface area contributed by atoms with E-state index in [1.807, 2.05) is 0 Å². The van der Waals surface area contributed by atoms with E-state index in [1.54, 1.807) is 0 Å². The number of hydrogen-bond acceptors (Lipinski definition) is 4. The standard InChI is InChI=1S/C13H11ClF6N2O4S/c1-4-7(21-10(23)12(15,16)17)5(2)9(27(14,25)26)6(3)8(4)22-11(24)13(18,19)20/h1-3H3,(H,21,23)(H,22,24). The van der Waals surface area contributed by atoms with Gasteiger partial charge in [-0.05, 0) is 37.5 Å². The number of hydrogen-bond donors (Lipinski definition) is 2. The van der Waals surface area contributed by atoms with Gasteiger partial charge in [-0.15, -0.1) is 0 Å². The van der Waals surface area contributed by atoms with Crippen molar-refractivity contribution in [3.8, 4) is 0 Å². The van der Waals surface area contributed by atoms with Gasteiger partial charge >= 0.3 is 24.2 Å². The first-order chi connectivity index (χ1) is 11.9. The highest BCUT2D eigenvalue weighted by atomic mass is 35.7. The average Bonchev–Trinajstić information content (AvgIpc) is 2.43. The van der Waals surface area contributed by atoms with Crippen molar-refractivity contribution in [2.75, 3.05) is 10.6 Å². The first-order valence-electron chi connectivity index (χ1n) is 6.73. The summed E-state index contributed by atoms with van der Waals surface area (Å²) in [6.07, 6.45) is -10.7. The van der Waals surface area contributed by atoms with E-state index in [1.165, 1.54) is 10.6 Å². The second-order valence-electron chi connectivity index (χ2n) is 5.30. The Bertz CT molecular complexity index is 854. The maximum atomic E-state index is 12.5. The smallest absolute Gasteiger partial charge is 0.318 e. The molecule has 1 aromatic carbocycles. The fourth-order valence-corrected chi connectivity index (χ4v) is 3.94. The molecular formula is C13H11ClF6N2O4S. The van der Waals surface area contributed by atoms with Gasteiger partial charge in [-0.2, -0.15) is 26.3 Å². The third-order valence-electron chi connectivity index (χ3n) is 3.42. The van der Waals surface area contributed by atoms with Crippen molar-refractivity contribution in [1.82, 2.24) is 0 Å². The van der Waals surface area contributed by atoms with Gasteiger partial charge in [0.2, 0.25) is 0 Å². The van der Waals surface area contributed by atoms with Crippen LogP contribution in [-0.2, 0) is 18.6 Å². The summed E-state index contributed by atoms with van der Waals surface area (Å²) >= 11 is 0. The molecule has 0 aliphatic rings. The van der Waals surface area contributed by atoms with Crippen molar-refractivity contribution < 1.29 is 44.3 Å². The van der Waals surface area contributed by atoms with Gasteiger partial charge in [-0.25, -0.2) is 8.42 Å². The summed E-state index contributed by atoms with van der Waals surface area (Å²) in [5.74, 6) is -4.99. The quantitative estimate of drug-likeness (QED) is 0.555. The first kappa shape index (κ1) is 23.0. The third-order valence-corrected chi connectivity index (χ3v) is 4.98. The normalized spacial score (nSPS) is 12.7. The van der Waals surface area contributed by atoms with Crippen LogP contribution in [0.1, 0.15) is 16.7 Å². The monoisotopic (exact) mass is 440 g/mol. The lowest BCUT2D eigenvalue weighted by atomic mass is 10.0. The zero-order valence-electron chi connectivity index (χ0n) is 13.7. The molecule has 0 aliphatic carbocycles. The lowest BCUT2D eigenvalue weighted by Gasteiger charge is -2.22. The molecule has 0 radical (unpaired) electrons. The summed E-state index contributed by atoms with van der Waals surface area (Å²) in [6.45, 7) is 2.98. The van der Waals surface area contributed by atoms with E-state index < -0.39 is 66.2 Å². The predicted molar refractivity (Wildman–Crippen MR) is 83.1 cm³/mol. The van der Waals surface area contributed by atoms with Gasteiger partial charge in [0.05, 0.1) is 16.3 Å². The van der Waals surface area contributed by atoms with Gasteiger partial charge < -0.3 is 10.6 Å². The highest BCUT2D eigenvalue weighted by Crippen LogP contribution is 2.39. The molecule has 2 N–H and O–H groups in total. The molecule has 0 aliphatic heterocycles. The van der Waals surface area contributed by atoms with Crippen LogP contribution in [0.15, 0.2) is 4.90 Å². The van der Waals surface area contributed by atoms with Crippen LogP contribution in [0.3, 0.4) is 0 Å². The predicted octanol–water partition coefficient (Wildman–Crippen LogP) is 3.54. The molecule has 0 fully saturated rings. The third kappa shape index (κ3) is 5.03. The van der Waals surface area contributed by atoms with E-state index in [0.29, 0.717) is 0 Å². The minimum Gasteiger partial charge on any atom is -0.318 e. The number of amides is 2. The Morgan fingerprint density at radius 3 is 1.30 bits per heavy atom. The van der Waals surface area contributed by atoms with E-state index in [9.17, 15) is 44.3 Å². The summed E-state index contributed by atoms with van der Waals surface area (Å²) in [4.78, 5) is 21.5. The molecule has 27 heavy (non-hydrogen) atoms. The molecule has 14 heteroatoms. The molecule has 0 heterocycles. The summed E-state index contributed by atoms with van der Waals surface area (Å²) in [5.41, 5.74) is -2.81.